The van der Waals surface area contributed by atoms with Crippen molar-refractivity contribution in [2.75, 3.05) is 13.1 Å². The Hall–Kier alpha value is -2.25. The van der Waals surface area contributed by atoms with Crippen molar-refractivity contribution in [3.8, 4) is 0 Å². The SMILES string of the molecule is CCn1c(Cn2cccn2)nnc1C1CCN(Cc2cc(F)cc(Cl)c2)CC1. The smallest absolute Gasteiger partial charge is 0.154 e. The zero-order chi connectivity index (χ0) is 19.5. The van der Waals surface area contributed by atoms with Gasteiger partial charge < -0.3 is 4.57 Å². The van der Waals surface area contributed by atoms with Crippen LogP contribution >= 0.6 is 11.6 Å². The maximum absolute atomic E-state index is 13.6. The van der Waals surface area contributed by atoms with E-state index >= 15 is 0 Å². The Morgan fingerprint density at radius 2 is 1.96 bits per heavy atom. The first-order chi connectivity index (χ1) is 13.6. The fourth-order valence-electron chi connectivity index (χ4n) is 3.96. The lowest BCUT2D eigenvalue weighted by Gasteiger charge is -2.31. The molecule has 3 aromatic rings. The van der Waals surface area contributed by atoms with E-state index in [-0.39, 0.29) is 5.82 Å². The number of nitrogens with zero attached hydrogens (tertiary/aromatic N) is 6. The molecule has 1 aliphatic rings. The van der Waals surface area contributed by atoms with Gasteiger partial charge in [0.05, 0.1) is 0 Å². The van der Waals surface area contributed by atoms with Crippen molar-refractivity contribution < 1.29 is 4.39 Å². The highest BCUT2D eigenvalue weighted by atomic mass is 35.5. The van der Waals surface area contributed by atoms with Crippen LogP contribution in [0, 0.1) is 5.82 Å². The molecule has 0 atom stereocenters. The molecular weight excluding hydrogens is 379 g/mol. The molecule has 3 heterocycles. The number of aromatic nitrogens is 5. The number of piperidine rings is 1. The summed E-state index contributed by atoms with van der Waals surface area (Å²) in [6.45, 7) is 6.22. The molecule has 148 valence electrons. The van der Waals surface area contributed by atoms with E-state index in [0.29, 0.717) is 17.5 Å². The highest BCUT2D eigenvalue weighted by Crippen LogP contribution is 2.28. The van der Waals surface area contributed by atoms with Crippen molar-refractivity contribution in [1.82, 2.24) is 29.4 Å². The zero-order valence-electron chi connectivity index (χ0n) is 15.9. The summed E-state index contributed by atoms with van der Waals surface area (Å²) < 4.78 is 17.6. The maximum atomic E-state index is 13.6. The van der Waals surface area contributed by atoms with Crippen LogP contribution in [0.3, 0.4) is 0 Å². The number of rotatable bonds is 6. The first kappa shape index (κ1) is 19.1. The van der Waals surface area contributed by atoms with Crippen LogP contribution in [0.15, 0.2) is 36.7 Å². The third-order valence-corrected chi connectivity index (χ3v) is 5.53. The molecule has 8 heteroatoms. The number of benzene rings is 1. The molecule has 0 saturated carbocycles. The van der Waals surface area contributed by atoms with Crippen LogP contribution in [-0.4, -0.2) is 42.5 Å². The molecule has 4 rings (SSSR count). The number of halogens is 2. The fraction of sp³-hybridized carbons (Fsp3) is 0.450. The summed E-state index contributed by atoms with van der Waals surface area (Å²) >= 11 is 5.97. The first-order valence-electron chi connectivity index (χ1n) is 9.69. The molecule has 1 aromatic carbocycles. The maximum Gasteiger partial charge on any atom is 0.154 e. The molecule has 0 aliphatic carbocycles. The van der Waals surface area contributed by atoms with Crippen LogP contribution < -0.4 is 0 Å². The molecule has 1 aliphatic heterocycles. The van der Waals surface area contributed by atoms with Gasteiger partial charge in [-0.25, -0.2) is 4.39 Å². The lowest BCUT2D eigenvalue weighted by Crippen LogP contribution is -2.33. The predicted octanol–water partition coefficient (Wildman–Crippen LogP) is 3.71. The van der Waals surface area contributed by atoms with Crippen molar-refractivity contribution >= 4 is 11.6 Å². The first-order valence-corrected chi connectivity index (χ1v) is 10.1. The van der Waals surface area contributed by atoms with Crippen molar-refractivity contribution in [2.24, 2.45) is 0 Å². The summed E-state index contributed by atoms with van der Waals surface area (Å²) in [5.74, 6) is 2.13. The largest absolute Gasteiger partial charge is 0.313 e. The predicted molar refractivity (Wildman–Crippen MR) is 106 cm³/mol. The quantitative estimate of drug-likeness (QED) is 0.630. The highest BCUT2D eigenvalue weighted by molar-refractivity contribution is 6.30. The van der Waals surface area contributed by atoms with E-state index in [1.54, 1.807) is 12.3 Å². The van der Waals surface area contributed by atoms with Gasteiger partial charge in [0.25, 0.3) is 0 Å². The van der Waals surface area contributed by atoms with E-state index in [4.69, 9.17) is 11.6 Å². The van der Waals surface area contributed by atoms with E-state index in [1.807, 2.05) is 23.0 Å². The van der Waals surface area contributed by atoms with E-state index in [2.05, 4.69) is 31.7 Å². The van der Waals surface area contributed by atoms with Gasteiger partial charge in [0.15, 0.2) is 5.82 Å². The topological polar surface area (TPSA) is 51.8 Å². The lowest BCUT2D eigenvalue weighted by molar-refractivity contribution is 0.200. The second kappa shape index (κ2) is 8.41. The molecule has 1 fully saturated rings. The molecule has 0 unspecified atom stereocenters. The Bertz CT molecular complexity index is 895. The molecule has 0 radical (unpaired) electrons. The average molecular weight is 403 g/mol. The fourth-order valence-corrected chi connectivity index (χ4v) is 4.21. The molecule has 28 heavy (non-hydrogen) atoms. The minimum Gasteiger partial charge on any atom is -0.313 e. The summed E-state index contributed by atoms with van der Waals surface area (Å²) in [6.07, 6.45) is 5.74. The van der Waals surface area contributed by atoms with Crippen LogP contribution in [0.1, 0.15) is 42.9 Å². The number of hydrogen-bond donors (Lipinski definition) is 0. The van der Waals surface area contributed by atoms with Gasteiger partial charge in [-0.2, -0.15) is 5.10 Å². The summed E-state index contributed by atoms with van der Waals surface area (Å²) in [5, 5.41) is 13.6. The summed E-state index contributed by atoms with van der Waals surface area (Å²) in [4.78, 5) is 2.35. The van der Waals surface area contributed by atoms with Gasteiger partial charge in [-0.15, -0.1) is 10.2 Å². The Balaban J connectivity index is 1.40. The van der Waals surface area contributed by atoms with Crippen LogP contribution in [-0.2, 0) is 19.6 Å². The summed E-state index contributed by atoms with van der Waals surface area (Å²) in [6, 6.07) is 6.66. The van der Waals surface area contributed by atoms with Crippen molar-refractivity contribution in [3.05, 3.63) is 64.7 Å². The van der Waals surface area contributed by atoms with E-state index in [0.717, 1.165) is 56.2 Å². The summed E-state index contributed by atoms with van der Waals surface area (Å²) in [5.41, 5.74) is 0.918. The van der Waals surface area contributed by atoms with Crippen molar-refractivity contribution in [2.45, 2.75) is 45.3 Å². The van der Waals surface area contributed by atoms with Gasteiger partial charge in [-0.1, -0.05) is 11.6 Å². The third-order valence-electron chi connectivity index (χ3n) is 5.32. The van der Waals surface area contributed by atoms with Crippen LogP contribution in [0.5, 0.6) is 0 Å². The van der Waals surface area contributed by atoms with E-state index in [1.165, 1.54) is 6.07 Å². The Morgan fingerprint density at radius 3 is 2.64 bits per heavy atom. The molecule has 0 amide bonds. The average Bonchev–Trinajstić information content (AvgIpc) is 3.31. The highest BCUT2D eigenvalue weighted by Gasteiger charge is 2.26. The van der Waals surface area contributed by atoms with Gasteiger partial charge in [0, 0.05) is 36.4 Å². The second-order valence-corrected chi connectivity index (χ2v) is 7.69. The van der Waals surface area contributed by atoms with Gasteiger partial charge >= 0.3 is 0 Å². The van der Waals surface area contributed by atoms with E-state index < -0.39 is 0 Å². The molecule has 0 N–H and O–H groups in total. The molecule has 1 saturated heterocycles. The normalized spacial score (nSPS) is 16.0. The third kappa shape index (κ3) is 4.25. The van der Waals surface area contributed by atoms with E-state index in [9.17, 15) is 4.39 Å². The molecule has 6 nitrogen and oxygen atoms in total. The molecule has 0 spiro atoms. The van der Waals surface area contributed by atoms with Crippen LogP contribution in [0.4, 0.5) is 4.39 Å². The van der Waals surface area contributed by atoms with Gasteiger partial charge in [0.1, 0.15) is 18.2 Å². The standard InChI is InChI=1S/C20H24ClFN6/c1-2-28-19(14-27-7-3-6-23-27)24-25-20(28)16-4-8-26(9-5-16)13-15-10-17(21)12-18(22)11-15/h3,6-7,10-12,16H,2,4-5,8-9,13-14H2,1H3. The molecule has 2 aromatic heterocycles. The van der Waals surface area contributed by atoms with Gasteiger partial charge in [-0.05, 0) is 62.7 Å². The van der Waals surface area contributed by atoms with Crippen molar-refractivity contribution in [3.63, 3.8) is 0 Å². The molecule has 0 bridgehead atoms. The van der Waals surface area contributed by atoms with Gasteiger partial charge in [0.2, 0.25) is 0 Å². The number of hydrogen-bond acceptors (Lipinski definition) is 4. The second-order valence-electron chi connectivity index (χ2n) is 7.25. The summed E-state index contributed by atoms with van der Waals surface area (Å²) in [7, 11) is 0. The van der Waals surface area contributed by atoms with Gasteiger partial charge in [-0.3, -0.25) is 9.58 Å². The Labute approximate surface area is 168 Å². The lowest BCUT2D eigenvalue weighted by atomic mass is 9.95. The zero-order valence-corrected chi connectivity index (χ0v) is 16.7. The Kier molecular flexibility index (Phi) is 5.73. The minimum atomic E-state index is -0.279. The number of likely N-dealkylation sites (tertiary alicyclic amines) is 1. The molecular formula is C20H24ClFN6. The van der Waals surface area contributed by atoms with Crippen LogP contribution in [0.25, 0.3) is 0 Å². The van der Waals surface area contributed by atoms with Crippen molar-refractivity contribution in [1.29, 1.82) is 0 Å². The monoisotopic (exact) mass is 402 g/mol. The Morgan fingerprint density at radius 1 is 1.14 bits per heavy atom. The minimum absolute atomic E-state index is 0.279. The van der Waals surface area contributed by atoms with Crippen LogP contribution in [0.2, 0.25) is 5.02 Å².